The molecular formula is C17H20FN5O2. The number of nitrogens with two attached hydrogens (primary N) is 1. The van der Waals surface area contributed by atoms with Crippen molar-refractivity contribution in [2.45, 2.75) is 6.42 Å². The van der Waals surface area contributed by atoms with E-state index in [0.29, 0.717) is 12.2 Å². The predicted molar refractivity (Wildman–Crippen MR) is 91.1 cm³/mol. The fourth-order valence-corrected chi connectivity index (χ4v) is 2.26. The van der Waals surface area contributed by atoms with E-state index in [-0.39, 0.29) is 24.8 Å². The van der Waals surface area contributed by atoms with Crippen LogP contribution < -0.4 is 16.0 Å². The van der Waals surface area contributed by atoms with Crippen LogP contribution in [-0.2, 0) is 16.0 Å². The summed E-state index contributed by atoms with van der Waals surface area (Å²) in [6.45, 7) is 0.181. The standard InChI is InChI=1S/C17H20FN5O2/c1-23(15-10-20-6-7-21-15)11-16(24)22-9-13(17(19)25)8-12-2-4-14(18)5-3-12/h2-7,10,13H,8-9,11H2,1H3,(H2,19,25)(H,22,24)/t13-/m0/s1. The van der Waals surface area contributed by atoms with Crippen molar-refractivity contribution in [2.24, 2.45) is 11.7 Å². The number of amides is 2. The predicted octanol–water partition coefficient (Wildman–Crippen LogP) is 0.512. The summed E-state index contributed by atoms with van der Waals surface area (Å²) in [4.78, 5) is 33.3. The molecule has 2 rings (SSSR count). The Morgan fingerprint density at radius 3 is 2.60 bits per heavy atom. The number of nitrogens with one attached hydrogen (secondary N) is 1. The molecule has 3 N–H and O–H groups in total. The van der Waals surface area contributed by atoms with Gasteiger partial charge in [0.1, 0.15) is 11.6 Å². The molecule has 1 aromatic heterocycles. The van der Waals surface area contributed by atoms with E-state index in [1.165, 1.54) is 18.3 Å². The average molecular weight is 345 g/mol. The Morgan fingerprint density at radius 2 is 2.00 bits per heavy atom. The monoisotopic (exact) mass is 345 g/mol. The molecule has 0 spiro atoms. The van der Waals surface area contributed by atoms with Gasteiger partial charge in [-0.2, -0.15) is 0 Å². The van der Waals surface area contributed by atoms with Crippen LogP contribution in [0.2, 0.25) is 0 Å². The van der Waals surface area contributed by atoms with E-state index < -0.39 is 11.8 Å². The molecule has 0 aliphatic rings. The van der Waals surface area contributed by atoms with Gasteiger partial charge in [-0.05, 0) is 24.1 Å². The first-order valence-corrected chi connectivity index (χ1v) is 7.73. The summed E-state index contributed by atoms with van der Waals surface area (Å²) in [6.07, 6.45) is 4.96. The third-order valence-electron chi connectivity index (χ3n) is 3.66. The highest BCUT2D eigenvalue weighted by Gasteiger charge is 2.18. The molecule has 0 unspecified atom stereocenters. The largest absolute Gasteiger partial charge is 0.369 e. The molecule has 132 valence electrons. The van der Waals surface area contributed by atoms with E-state index >= 15 is 0 Å². The van der Waals surface area contributed by atoms with Gasteiger partial charge in [-0.1, -0.05) is 12.1 Å². The summed E-state index contributed by atoms with van der Waals surface area (Å²) in [5.74, 6) is -1.14. The topological polar surface area (TPSA) is 101 Å². The first kappa shape index (κ1) is 18.3. The minimum Gasteiger partial charge on any atom is -0.369 e. The van der Waals surface area contributed by atoms with E-state index in [9.17, 15) is 14.0 Å². The molecule has 1 atom stereocenters. The van der Waals surface area contributed by atoms with Crippen molar-refractivity contribution in [3.05, 3.63) is 54.2 Å². The van der Waals surface area contributed by atoms with Crippen molar-refractivity contribution in [3.8, 4) is 0 Å². The normalized spacial score (nSPS) is 11.6. The van der Waals surface area contributed by atoms with Crippen molar-refractivity contribution in [1.82, 2.24) is 15.3 Å². The number of hydrogen-bond donors (Lipinski definition) is 2. The SMILES string of the molecule is CN(CC(=O)NC[C@H](Cc1ccc(F)cc1)C(N)=O)c1cnccn1. The number of hydrogen-bond acceptors (Lipinski definition) is 5. The summed E-state index contributed by atoms with van der Waals surface area (Å²) in [6, 6.07) is 5.83. The fraction of sp³-hybridized carbons (Fsp3) is 0.294. The highest BCUT2D eigenvalue weighted by atomic mass is 19.1. The molecule has 8 heteroatoms. The lowest BCUT2D eigenvalue weighted by atomic mass is 9.98. The number of carbonyl (C=O) groups excluding carboxylic acids is 2. The lowest BCUT2D eigenvalue weighted by molar-refractivity contribution is -0.122. The van der Waals surface area contributed by atoms with E-state index in [1.807, 2.05) is 0 Å². The van der Waals surface area contributed by atoms with Gasteiger partial charge in [0, 0.05) is 26.0 Å². The zero-order valence-electron chi connectivity index (χ0n) is 13.9. The number of benzene rings is 1. The minimum atomic E-state index is -0.573. The van der Waals surface area contributed by atoms with Gasteiger partial charge in [0.2, 0.25) is 11.8 Å². The second kappa shape index (κ2) is 8.72. The third-order valence-corrected chi connectivity index (χ3v) is 3.66. The highest BCUT2D eigenvalue weighted by Crippen LogP contribution is 2.10. The molecule has 1 heterocycles. The van der Waals surface area contributed by atoms with Crippen LogP contribution in [0.4, 0.5) is 10.2 Å². The van der Waals surface area contributed by atoms with Gasteiger partial charge < -0.3 is 16.0 Å². The van der Waals surface area contributed by atoms with Gasteiger partial charge in [0.05, 0.1) is 18.7 Å². The first-order valence-electron chi connectivity index (χ1n) is 7.73. The van der Waals surface area contributed by atoms with Crippen LogP contribution in [0.25, 0.3) is 0 Å². The number of nitrogens with zero attached hydrogens (tertiary/aromatic N) is 3. The molecule has 0 bridgehead atoms. The Hall–Kier alpha value is -3.03. The zero-order valence-corrected chi connectivity index (χ0v) is 13.9. The van der Waals surface area contributed by atoms with E-state index in [2.05, 4.69) is 15.3 Å². The first-order chi connectivity index (χ1) is 12.0. The number of likely N-dealkylation sites (N-methyl/N-ethyl adjacent to an activating group) is 1. The number of rotatable bonds is 8. The van der Waals surface area contributed by atoms with Gasteiger partial charge in [-0.25, -0.2) is 9.37 Å². The van der Waals surface area contributed by atoms with Crippen molar-refractivity contribution in [3.63, 3.8) is 0 Å². The van der Waals surface area contributed by atoms with Crippen LogP contribution in [0.5, 0.6) is 0 Å². The number of anilines is 1. The molecule has 0 saturated carbocycles. The number of carbonyl (C=O) groups is 2. The summed E-state index contributed by atoms with van der Waals surface area (Å²) < 4.78 is 12.9. The number of primary amides is 1. The molecule has 2 aromatic rings. The van der Waals surface area contributed by atoms with Crippen LogP contribution >= 0.6 is 0 Å². The fourth-order valence-electron chi connectivity index (χ4n) is 2.26. The summed E-state index contributed by atoms with van der Waals surface area (Å²) in [7, 11) is 1.72. The Labute approximate surface area is 145 Å². The number of halogens is 1. The third kappa shape index (κ3) is 5.83. The Balaban J connectivity index is 1.86. The molecule has 0 saturated heterocycles. The lowest BCUT2D eigenvalue weighted by Crippen LogP contribution is -2.41. The van der Waals surface area contributed by atoms with Crippen LogP contribution in [-0.4, -0.2) is 41.9 Å². The summed E-state index contributed by atoms with van der Waals surface area (Å²) in [5, 5.41) is 2.69. The van der Waals surface area contributed by atoms with Gasteiger partial charge in [0.15, 0.2) is 0 Å². The maximum atomic E-state index is 12.9. The van der Waals surface area contributed by atoms with E-state index in [0.717, 1.165) is 5.56 Å². The molecule has 7 nitrogen and oxygen atoms in total. The van der Waals surface area contributed by atoms with Crippen LogP contribution in [0.3, 0.4) is 0 Å². The molecular weight excluding hydrogens is 325 g/mol. The van der Waals surface area contributed by atoms with E-state index in [4.69, 9.17) is 5.73 Å². The van der Waals surface area contributed by atoms with Crippen molar-refractivity contribution >= 4 is 17.6 Å². The summed E-state index contributed by atoms with van der Waals surface area (Å²) >= 11 is 0. The molecule has 1 aromatic carbocycles. The minimum absolute atomic E-state index is 0.0702. The van der Waals surface area contributed by atoms with Gasteiger partial charge in [-0.15, -0.1) is 0 Å². The zero-order chi connectivity index (χ0) is 18.2. The second-order valence-electron chi connectivity index (χ2n) is 5.65. The van der Waals surface area contributed by atoms with E-state index in [1.54, 1.807) is 36.5 Å². The van der Waals surface area contributed by atoms with Gasteiger partial charge >= 0.3 is 0 Å². The molecule has 0 fully saturated rings. The summed E-state index contributed by atoms with van der Waals surface area (Å²) in [5.41, 5.74) is 6.17. The van der Waals surface area contributed by atoms with Crippen LogP contribution in [0, 0.1) is 11.7 Å². The maximum absolute atomic E-state index is 12.9. The molecule has 2 amide bonds. The quantitative estimate of drug-likeness (QED) is 0.726. The van der Waals surface area contributed by atoms with Gasteiger partial charge in [-0.3, -0.25) is 14.6 Å². The highest BCUT2D eigenvalue weighted by molar-refractivity contribution is 5.82. The van der Waals surface area contributed by atoms with Crippen molar-refractivity contribution in [1.29, 1.82) is 0 Å². The lowest BCUT2D eigenvalue weighted by Gasteiger charge is -2.19. The second-order valence-corrected chi connectivity index (χ2v) is 5.65. The molecule has 0 aliphatic carbocycles. The molecule has 0 radical (unpaired) electrons. The Morgan fingerprint density at radius 1 is 1.28 bits per heavy atom. The van der Waals surface area contributed by atoms with Crippen LogP contribution in [0.1, 0.15) is 5.56 Å². The average Bonchev–Trinajstić information content (AvgIpc) is 2.60. The Kier molecular flexibility index (Phi) is 6.39. The molecule has 0 aliphatic heterocycles. The Bertz CT molecular complexity index is 709. The smallest absolute Gasteiger partial charge is 0.239 e. The van der Waals surface area contributed by atoms with Crippen molar-refractivity contribution in [2.75, 3.05) is 25.0 Å². The maximum Gasteiger partial charge on any atom is 0.239 e. The van der Waals surface area contributed by atoms with Gasteiger partial charge in [0.25, 0.3) is 0 Å². The number of aromatic nitrogens is 2. The molecule has 25 heavy (non-hydrogen) atoms. The van der Waals surface area contributed by atoms with Crippen LogP contribution in [0.15, 0.2) is 42.9 Å². The van der Waals surface area contributed by atoms with Crippen molar-refractivity contribution < 1.29 is 14.0 Å².